The summed E-state index contributed by atoms with van der Waals surface area (Å²) in [4.78, 5) is 15.4. The van der Waals surface area contributed by atoms with Gasteiger partial charge >= 0.3 is 5.97 Å². The van der Waals surface area contributed by atoms with Crippen LogP contribution in [0, 0.1) is 0 Å². The molecule has 0 aliphatic carbocycles. The fraction of sp³-hybridized carbons (Fsp3) is 0.545. The first-order valence-corrected chi connectivity index (χ1v) is 5.37. The van der Waals surface area contributed by atoms with E-state index in [-0.39, 0.29) is 5.76 Å². The molecular formula is C11H16N2O3. The summed E-state index contributed by atoms with van der Waals surface area (Å²) in [5.41, 5.74) is 0.761. The van der Waals surface area contributed by atoms with Crippen molar-refractivity contribution in [1.82, 2.24) is 9.80 Å². The lowest BCUT2D eigenvalue weighted by atomic mass is 10.2. The molecule has 2 rings (SSSR count). The number of rotatable bonds is 3. The first-order chi connectivity index (χ1) is 7.66. The van der Waals surface area contributed by atoms with Crippen molar-refractivity contribution in [3.63, 3.8) is 0 Å². The Labute approximate surface area is 94.2 Å². The van der Waals surface area contributed by atoms with Gasteiger partial charge in [-0.15, -0.1) is 0 Å². The van der Waals surface area contributed by atoms with Gasteiger partial charge in [0.25, 0.3) is 0 Å². The number of piperazine rings is 1. The molecule has 1 aliphatic rings. The summed E-state index contributed by atoms with van der Waals surface area (Å²) in [7, 11) is 2.10. The molecule has 0 radical (unpaired) electrons. The molecule has 1 aromatic heterocycles. The zero-order valence-electron chi connectivity index (χ0n) is 9.35. The topological polar surface area (TPSA) is 56.9 Å². The summed E-state index contributed by atoms with van der Waals surface area (Å²) in [6, 6.07) is 1.74. The fourth-order valence-corrected chi connectivity index (χ4v) is 1.89. The molecule has 0 spiro atoms. The van der Waals surface area contributed by atoms with Crippen LogP contribution < -0.4 is 0 Å². The average Bonchev–Trinajstić information content (AvgIpc) is 2.69. The van der Waals surface area contributed by atoms with E-state index in [1.807, 2.05) is 0 Å². The van der Waals surface area contributed by atoms with E-state index in [4.69, 9.17) is 9.52 Å². The highest BCUT2D eigenvalue weighted by Gasteiger charge is 2.19. The highest BCUT2D eigenvalue weighted by Crippen LogP contribution is 2.14. The number of carboxylic acid groups (broad SMARTS) is 1. The molecule has 5 heteroatoms. The largest absolute Gasteiger partial charge is 0.475 e. The molecular weight excluding hydrogens is 208 g/mol. The number of hydrogen-bond acceptors (Lipinski definition) is 4. The molecule has 1 aliphatic heterocycles. The SMILES string of the molecule is CN1CCN(Cc2ccoc2C(=O)O)CC1. The minimum Gasteiger partial charge on any atom is -0.475 e. The average molecular weight is 224 g/mol. The van der Waals surface area contributed by atoms with Crippen molar-refractivity contribution in [1.29, 1.82) is 0 Å². The minimum absolute atomic E-state index is 0.0685. The van der Waals surface area contributed by atoms with Gasteiger partial charge < -0.3 is 14.4 Å². The standard InChI is InChI=1S/C11H16N2O3/c1-12-3-5-13(6-4-12)8-9-2-7-16-10(9)11(14)15/h2,7H,3-6,8H2,1H3,(H,14,15). The maximum atomic E-state index is 10.9. The van der Waals surface area contributed by atoms with Crippen LogP contribution in [0.4, 0.5) is 0 Å². The highest BCUT2D eigenvalue weighted by molar-refractivity contribution is 5.86. The van der Waals surface area contributed by atoms with Gasteiger partial charge in [-0.05, 0) is 13.1 Å². The van der Waals surface area contributed by atoms with E-state index < -0.39 is 5.97 Å². The Hall–Kier alpha value is -1.33. The van der Waals surface area contributed by atoms with Gasteiger partial charge in [0.15, 0.2) is 0 Å². The van der Waals surface area contributed by atoms with Gasteiger partial charge in [-0.2, -0.15) is 0 Å². The predicted octanol–water partition coefficient (Wildman–Crippen LogP) is 0.725. The lowest BCUT2D eigenvalue weighted by Crippen LogP contribution is -2.43. The van der Waals surface area contributed by atoms with Gasteiger partial charge in [0.2, 0.25) is 5.76 Å². The van der Waals surface area contributed by atoms with Crippen LogP contribution in [0.3, 0.4) is 0 Å². The maximum absolute atomic E-state index is 10.9. The number of furan rings is 1. The highest BCUT2D eigenvalue weighted by atomic mass is 16.4. The molecule has 1 aromatic rings. The molecule has 0 amide bonds. The first kappa shape index (κ1) is 11.2. The molecule has 1 N–H and O–H groups in total. The lowest BCUT2D eigenvalue weighted by molar-refractivity contribution is 0.0657. The van der Waals surface area contributed by atoms with E-state index in [1.54, 1.807) is 6.07 Å². The van der Waals surface area contributed by atoms with E-state index in [1.165, 1.54) is 6.26 Å². The number of likely N-dealkylation sites (N-methyl/N-ethyl adjacent to an activating group) is 1. The summed E-state index contributed by atoms with van der Waals surface area (Å²) >= 11 is 0. The van der Waals surface area contributed by atoms with E-state index in [0.29, 0.717) is 6.54 Å². The predicted molar refractivity (Wildman–Crippen MR) is 58.4 cm³/mol. The Morgan fingerprint density at radius 3 is 2.75 bits per heavy atom. The Morgan fingerprint density at radius 2 is 2.12 bits per heavy atom. The van der Waals surface area contributed by atoms with Crippen molar-refractivity contribution in [2.45, 2.75) is 6.54 Å². The van der Waals surface area contributed by atoms with E-state index in [9.17, 15) is 4.79 Å². The second-order valence-electron chi connectivity index (χ2n) is 4.16. The Bertz CT molecular complexity index is 367. The van der Waals surface area contributed by atoms with Gasteiger partial charge in [0, 0.05) is 38.3 Å². The van der Waals surface area contributed by atoms with E-state index in [2.05, 4.69) is 16.8 Å². The normalized spacial score (nSPS) is 18.8. The van der Waals surface area contributed by atoms with Crippen LogP contribution in [-0.2, 0) is 6.54 Å². The van der Waals surface area contributed by atoms with Crippen molar-refractivity contribution in [2.75, 3.05) is 33.2 Å². The Kier molecular flexibility index (Phi) is 3.26. The number of nitrogens with zero attached hydrogens (tertiary/aromatic N) is 2. The summed E-state index contributed by atoms with van der Waals surface area (Å²) in [6.45, 7) is 4.66. The lowest BCUT2D eigenvalue weighted by Gasteiger charge is -2.32. The van der Waals surface area contributed by atoms with Crippen molar-refractivity contribution in [2.24, 2.45) is 0 Å². The number of aromatic carboxylic acids is 1. The second kappa shape index (κ2) is 4.67. The van der Waals surface area contributed by atoms with E-state index in [0.717, 1.165) is 31.7 Å². The zero-order valence-corrected chi connectivity index (χ0v) is 9.35. The fourth-order valence-electron chi connectivity index (χ4n) is 1.89. The van der Waals surface area contributed by atoms with Crippen LogP contribution in [0.5, 0.6) is 0 Å². The Morgan fingerprint density at radius 1 is 1.44 bits per heavy atom. The number of hydrogen-bond donors (Lipinski definition) is 1. The van der Waals surface area contributed by atoms with Crippen LogP contribution in [0.2, 0.25) is 0 Å². The van der Waals surface area contributed by atoms with Crippen molar-refractivity contribution in [3.05, 3.63) is 23.7 Å². The monoisotopic (exact) mass is 224 g/mol. The second-order valence-corrected chi connectivity index (χ2v) is 4.16. The molecule has 0 unspecified atom stereocenters. The van der Waals surface area contributed by atoms with Crippen molar-refractivity contribution >= 4 is 5.97 Å². The van der Waals surface area contributed by atoms with Crippen molar-refractivity contribution < 1.29 is 14.3 Å². The van der Waals surface area contributed by atoms with Gasteiger partial charge in [-0.1, -0.05) is 0 Å². The quantitative estimate of drug-likeness (QED) is 0.820. The van der Waals surface area contributed by atoms with Crippen LogP contribution in [0.1, 0.15) is 16.1 Å². The molecule has 0 atom stereocenters. The molecule has 1 saturated heterocycles. The van der Waals surface area contributed by atoms with Crippen LogP contribution >= 0.6 is 0 Å². The van der Waals surface area contributed by atoms with Crippen LogP contribution in [-0.4, -0.2) is 54.1 Å². The summed E-state index contributed by atoms with van der Waals surface area (Å²) in [6.07, 6.45) is 1.44. The molecule has 16 heavy (non-hydrogen) atoms. The zero-order chi connectivity index (χ0) is 11.5. The first-order valence-electron chi connectivity index (χ1n) is 5.37. The molecule has 88 valence electrons. The molecule has 0 bridgehead atoms. The van der Waals surface area contributed by atoms with Gasteiger partial charge in [-0.3, -0.25) is 4.90 Å². The summed E-state index contributed by atoms with van der Waals surface area (Å²) in [5, 5.41) is 8.91. The van der Waals surface area contributed by atoms with Gasteiger partial charge in [0.05, 0.1) is 6.26 Å². The third kappa shape index (κ3) is 2.43. The smallest absolute Gasteiger partial charge is 0.372 e. The third-order valence-electron chi connectivity index (χ3n) is 2.93. The molecule has 2 heterocycles. The van der Waals surface area contributed by atoms with Crippen LogP contribution in [0.25, 0.3) is 0 Å². The maximum Gasteiger partial charge on any atom is 0.372 e. The van der Waals surface area contributed by atoms with Crippen molar-refractivity contribution in [3.8, 4) is 0 Å². The number of carbonyl (C=O) groups is 1. The van der Waals surface area contributed by atoms with E-state index >= 15 is 0 Å². The summed E-state index contributed by atoms with van der Waals surface area (Å²) < 4.78 is 4.95. The summed E-state index contributed by atoms with van der Waals surface area (Å²) in [5.74, 6) is -0.923. The molecule has 1 fully saturated rings. The molecule has 5 nitrogen and oxygen atoms in total. The molecule has 0 aromatic carbocycles. The van der Waals surface area contributed by atoms with Gasteiger partial charge in [-0.25, -0.2) is 4.79 Å². The van der Waals surface area contributed by atoms with Crippen LogP contribution in [0.15, 0.2) is 16.7 Å². The Balaban J connectivity index is 1.98. The third-order valence-corrected chi connectivity index (χ3v) is 2.93. The number of carboxylic acids is 1. The minimum atomic E-state index is -0.992. The van der Waals surface area contributed by atoms with Gasteiger partial charge in [0.1, 0.15) is 0 Å². The molecule has 0 saturated carbocycles.